The van der Waals surface area contributed by atoms with Crippen molar-refractivity contribution in [3.05, 3.63) is 120 Å². The number of aliphatic hydroxyl groups excluding tert-OH is 1. The summed E-state index contributed by atoms with van der Waals surface area (Å²) in [5, 5.41) is 10.1. The van der Waals surface area contributed by atoms with Crippen molar-refractivity contribution in [3.63, 3.8) is 0 Å². The van der Waals surface area contributed by atoms with E-state index < -0.39 is 5.54 Å². The maximum Gasteiger partial charge on any atom is 0.117 e. The van der Waals surface area contributed by atoms with Gasteiger partial charge in [-0.05, 0) is 23.1 Å². The molecule has 0 radical (unpaired) electrons. The van der Waals surface area contributed by atoms with Gasteiger partial charge in [-0.25, -0.2) is 0 Å². The minimum atomic E-state index is -0.481. The summed E-state index contributed by atoms with van der Waals surface area (Å²) < 4.78 is 0. The lowest BCUT2D eigenvalue weighted by molar-refractivity contribution is 0.166. The Morgan fingerprint density at radius 3 is 1.63 bits per heavy atom. The lowest BCUT2D eigenvalue weighted by Gasteiger charge is -2.44. The van der Waals surface area contributed by atoms with Gasteiger partial charge in [0.1, 0.15) is 5.54 Å². The molecule has 0 spiro atoms. The second-order valence-electron chi connectivity index (χ2n) is 7.82. The highest BCUT2D eigenvalue weighted by Gasteiger charge is 2.43. The molecule has 4 rings (SSSR count). The van der Waals surface area contributed by atoms with E-state index in [1.165, 1.54) is 16.7 Å². The summed E-state index contributed by atoms with van der Waals surface area (Å²) in [4.78, 5) is 4.71. The predicted octanol–water partition coefficient (Wildman–Crippen LogP) is 5.19. The molecule has 3 aromatic carbocycles. The molecule has 3 nitrogen and oxygen atoms in total. The quantitative estimate of drug-likeness (QED) is 0.529. The minimum Gasteiger partial charge on any atom is -0.390 e. The van der Waals surface area contributed by atoms with Gasteiger partial charge in [0.2, 0.25) is 0 Å². The van der Waals surface area contributed by atoms with Crippen LogP contribution in [0.4, 0.5) is 0 Å². The number of unbranched alkanes of at least 4 members (excludes halogenated alkanes) is 1. The van der Waals surface area contributed by atoms with Crippen LogP contribution in [0.3, 0.4) is 0 Å². The van der Waals surface area contributed by atoms with Crippen LogP contribution in [0.25, 0.3) is 0 Å². The molecule has 0 amide bonds. The van der Waals surface area contributed by atoms with Gasteiger partial charge in [-0.3, -0.25) is 0 Å². The van der Waals surface area contributed by atoms with Crippen LogP contribution >= 0.6 is 0 Å². The Balaban J connectivity index is 1.93. The van der Waals surface area contributed by atoms with Crippen molar-refractivity contribution < 1.29 is 5.11 Å². The highest BCUT2D eigenvalue weighted by molar-refractivity contribution is 5.50. The second-order valence-corrected chi connectivity index (χ2v) is 7.82. The van der Waals surface area contributed by atoms with Crippen LogP contribution in [0.5, 0.6) is 0 Å². The van der Waals surface area contributed by atoms with Crippen molar-refractivity contribution in [3.8, 4) is 0 Å². The molecule has 0 aliphatic carbocycles. The van der Waals surface area contributed by atoms with Crippen molar-refractivity contribution in [2.75, 3.05) is 19.8 Å². The lowest BCUT2D eigenvalue weighted by Crippen LogP contribution is -2.46. The van der Waals surface area contributed by atoms with Crippen molar-refractivity contribution in [2.24, 2.45) is 0 Å². The van der Waals surface area contributed by atoms with Crippen LogP contribution in [-0.4, -0.2) is 34.7 Å². The van der Waals surface area contributed by atoms with E-state index in [1.54, 1.807) is 0 Å². The van der Waals surface area contributed by atoms with Crippen LogP contribution in [0.15, 0.2) is 103 Å². The average Bonchev–Trinajstić information content (AvgIpc) is 3.24. The van der Waals surface area contributed by atoms with E-state index in [9.17, 15) is 5.11 Å². The molecule has 0 unspecified atom stereocenters. The zero-order valence-corrected chi connectivity index (χ0v) is 17.6. The highest BCUT2D eigenvalue weighted by atomic mass is 16.3. The summed E-state index contributed by atoms with van der Waals surface area (Å²) >= 11 is 0. The average molecular weight is 399 g/mol. The van der Waals surface area contributed by atoms with Gasteiger partial charge in [-0.1, -0.05) is 104 Å². The number of nitrogens with zero attached hydrogens (tertiary/aromatic N) is 2. The zero-order valence-electron chi connectivity index (χ0n) is 17.6. The van der Waals surface area contributed by atoms with E-state index in [-0.39, 0.29) is 6.61 Å². The summed E-state index contributed by atoms with van der Waals surface area (Å²) in [7, 11) is 0. The molecule has 1 N–H and O–H groups in total. The fourth-order valence-electron chi connectivity index (χ4n) is 4.52. The van der Waals surface area contributed by atoms with E-state index in [1.807, 2.05) is 0 Å². The molecule has 0 atom stereocenters. The van der Waals surface area contributed by atoms with Gasteiger partial charge in [0, 0.05) is 12.7 Å². The van der Waals surface area contributed by atoms with Crippen LogP contribution in [0.1, 0.15) is 36.5 Å². The predicted molar refractivity (Wildman–Crippen MR) is 123 cm³/mol. The first-order valence-electron chi connectivity index (χ1n) is 10.8. The molecule has 0 saturated carbocycles. The Kier molecular flexibility index (Phi) is 6.20. The zero-order chi connectivity index (χ0) is 20.8. The minimum absolute atomic E-state index is 0.0503. The van der Waals surface area contributed by atoms with Crippen molar-refractivity contribution in [1.82, 2.24) is 9.80 Å². The Morgan fingerprint density at radius 1 is 0.767 bits per heavy atom. The molecular formula is C27H30N2O. The summed E-state index contributed by atoms with van der Waals surface area (Å²) in [6.07, 6.45) is 4.40. The fourth-order valence-corrected chi connectivity index (χ4v) is 4.52. The third-order valence-corrected chi connectivity index (χ3v) is 5.98. The van der Waals surface area contributed by atoms with Crippen molar-refractivity contribution >= 4 is 0 Å². The molecule has 1 heterocycles. The van der Waals surface area contributed by atoms with Crippen molar-refractivity contribution in [1.29, 1.82) is 0 Å². The van der Waals surface area contributed by atoms with Gasteiger partial charge >= 0.3 is 0 Å². The first-order valence-corrected chi connectivity index (χ1v) is 10.8. The maximum absolute atomic E-state index is 10.1. The third kappa shape index (κ3) is 3.61. The first kappa shape index (κ1) is 20.2. The molecule has 0 saturated heterocycles. The number of hydrogen-bond acceptors (Lipinski definition) is 3. The second kappa shape index (κ2) is 9.19. The molecule has 3 aromatic rings. The number of hydrogen-bond donors (Lipinski definition) is 1. The first-order chi connectivity index (χ1) is 14.8. The third-order valence-electron chi connectivity index (χ3n) is 5.98. The number of rotatable bonds is 8. The molecule has 0 bridgehead atoms. The molecule has 154 valence electrons. The molecule has 1 aliphatic rings. The van der Waals surface area contributed by atoms with Gasteiger partial charge in [-0.15, -0.1) is 0 Å². The normalized spacial score (nSPS) is 14.1. The van der Waals surface area contributed by atoms with Crippen LogP contribution in [0.2, 0.25) is 0 Å². The molecule has 1 aliphatic heterocycles. The fraction of sp³-hybridized carbons (Fsp3) is 0.259. The van der Waals surface area contributed by atoms with Crippen LogP contribution in [0, 0.1) is 0 Å². The number of aliphatic hydroxyl groups is 1. The molecule has 0 aromatic heterocycles. The smallest absolute Gasteiger partial charge is 0.117 e. The van der Waals surface area contributed by atoms with E-state index >= 15 is 0 Å². The van der Waals surface area contributed by atoms with Gasteiger partial charge in [0.25, 0.3) is 0 Å². The van der Waals surface area contributed by atoms with Gasteiger partial charge in [-0.2, -0.15) is 0 Å². The standard InChI is InChI=1S/C27H30N2O/c1-2-3-19-28-22-29(20-26(28)21-30)27(23-13-7-4-8-14-23,24-15-9-5-10-16-24)25-17-11-6-12-18-25/h4-18,20,30H,2-3,19,21-22H2,1H3. The lowest BCUT2D eigenvalue weighted by atomic mass is 9.76. The molecule has 30 heavy (non-hydrogen) atoms. The van der Waals surface area contributed by atoms with E-state index in [0.717, 1.165) is 31.8 Å². The number of benzene rings is 3. The Morgan fingerprint density at radius 2 is 1.23 bits per heavy atom. The van der Waals surface area contributed by atoms with Gasteiger partial charge < -0.3 is 14.9 Å². The summed E-state index contributed by atoms with van der Waals surface area (Å²) in [5.74, 6) is 0. The Hall–Kier alpha value is -3.04. The summed E-state index contributed by atoms with van der Waals surface area (Å²) in [6, 6.07) is 32.1. The highest BCUT2D eigenvalue weighted by Crippen LogP contribution is 2.44. The Labute approximate surface area is 179 Å². The monoisotopic (exact) mass is 398 g/mol. The largest absolute Gasteiger partial charge is 0.390 e. The summed E-state index contributed by atoms with van der Waals surface area (Å²) in [5.41, 5.74) is 4.15. The van der Waals surface area contributed by atoms with E-state index in [4.69, 9.17) is 0 Å². The molecular weight excluding hydrogens is 368 g/mol. The van der Waals surface area contributed by atoms with Gasteiger partial charge in [0.15, 0.2) is 0 Å². The topological polar surface area (TPSA) is 26.7 Å². The van der Waals surface area contributed by atoms with E-state index in [0.29, 0.717) is 0 Å². The maximum atomic E-state index is 10.1. The SMILES string of the molecule is CCCCN1CN(C(c2ccccc2)(c2ccccc2)c2ccccc2)C=C1CO. The summed E-state index contributed by atoms with van der Waals surface area (Å²) in [6.45, 7) is 3.95. The van der Waals surface area contributed by atoms with Gasteiger partial charge in [0.05, 0.1) is 19.0 Å². The molecule has 3 heteroatoms. The van der Waals surface area contributed by atoms with Crippen LogP contribution in [-0.2, 0) is 5.54 Å². The van der Waals surface area contributed by atoms with Crippen molar-refractivity contribution in [2.45, 2.75) is 25.3 Å². The van der Waals surface area contributed by atoms with Crippen LogP contribution < -0.4 is 0 Å². The van der Waals surface area contributed by atoms with E-state index in [2.05, 4.69) is 114 Å². The Bertz CT molecular complexity index is 857. The molecule has 0 fully saturated rings.